The summed E-state index contributed by atoms with van der Waals surface area (Å²) in [4.78, 5) is 11.0. The molecule has 2 aromatic rings. The summed E-state index contributed by atoms with van der Waals surface area (Å²) < 4.78 is 12.2. The molecule has 0 amide bonds. The largest absolute Gasteiger partial charge is 0.477 e. The second-order valence-electron chi connectivity index (χ2n) is 4.04. The van der Waals surface area contributed by atoms with Gasteiger partial charge in [0.25, 0.3) is 0 Å². The third kappa shape index (κ3) is 1.52. The third-order valence-corrected chi connectivity index (χ3v) is 3.01. The van der Waals surface area contributed by atoms with E-state index in [9.17, 15) is 4.79 Å². The van der Waals surface area contributed by atoms with Gasteiger partial charge < -0.3 is 19.1 Å². The van der Waals surface area contributed by atoms with Gasteiger partial charge in [0.05, 0.1) is 0 Å². The third-order valence-electron chi connectivity index (χ3n) is 3.01. The maximum atomic E-state index is 11.0. The molecule has 0 fully saturated rings. The van der Waals surface area contributed by atoms with E-state index >= 15 is 0 Å². The molecule has 92 valence electrons. The van der Waals surface area contributed by atoms with Crippen molar-refractivity contribution in [3.05, 3.63) is 36.0 Å². The van der Waals surface area contributed by atoms with E-state index in [4.69, 9.17) is 14.6 Å². The van der Waals surface area contributed by atoms with Gasteiger partial charge in [0.1, 0.15) is 5.69 Å². The number of aromatic carboxylic acids is 1. The van der Waals surface area contributed by atoms with E-state index in [0.29, 0.717) is 11.5 Å². The van der Waals surface area contributed by atoms with E-state index in [-0.39, 0.29) is 12.5 Å². The first-order valence-corrected chi connectivity index (χ1v) is 5.46. The Hall–Kier alpha value is -2.43. The van der Waals surface area contributed by atoms with Crippen molar-refractivity contribution in [1.82, 2.24) is 4.57 Å². The number of aromatic nitrogens is 1. The van der Waals surface area contributed by atoms with Crippen LogP contribution in [0, 0.1) is 0 Å². The molecular weight excluding hydrogens is 234 g/mol. The zero-order valence-electron chi connectivity index (χ0n) is 9.71. The second-order valence-corrected chi connectivity index (χ2v) is 4.04. The highest BCUT2D eigenvalue weighted by Crippen LogP contribution is 2.36. The Morgan fingerprint density at radius 2 is 2.00 bits per heavy atom. The van der Waals surface area contributed by atoms with Gasteiger partial charge in [-0.05, 0) is 30.3 Å². The minimum atomic E-state index is -0.940. The molecule has 3 rings (SSSR count). The maximum Gasteiger partial charge on any atom is 0.352 e. The van der Waals surface area contributed by atoms with Crippen LogP contribution >= 0.6 is 0 Å². The summed E-state index contributed by atoms with van der Waals surface area (Å²) in [6.45, 7) is 0.228. The smallest absolute Gasteiger partial charge is 0.352 e. The zero-order chi connectivity index (χ0) is 12.7. The molecule has 5 nitrogen and oxygen atoms in total. The van der Waals surface area contributed by atoms with Crippen molar-refractivity contribution in [1.29, 1.82) is 0 Å². The highest BCUT2D eigenvalue weighted by molar-refractivity contribution is 5.87. The molecule has 0 aliphatic carbocycles. The van der Waals surface area contributed by atoms with Gasteiger partial charge in [-0.15, -0.1) is 0 Å². The SMILES string of the molecule is Cn1c(C(=O)O)ccc1-c1ccc2c(c1)OCO2. The number of nitrogens with zero attached hydrogens (tertiary/aromatic N) is 1. The number of carboxylic acid groups (broad SMARTS) is 1. The van der Waals surface area contributed by atoms with Crippen molar-refractivity contribution in [2.75, 3.05) is 6.79 Å². The lowest BCUT2D eigenvalue weighted by atomic mass is 10.1. The molecule has 0 spiro atoms. The lowest BCUT2D eigenvalue weighted by Gasteiger charge is -2.06. The molecular formula is C13H11NO4. The van der Waals surface area contributed by atoms with Gasteiger partial charge in [-0.3, -0.25) is 0 Å². The normalized spacial score (nSPS) is 12.7. The quantitative estimate of drug-likeness (QED) is 0.880. The van der Waals surface area contributed by atoms with Crippen LogP contribution in [0.15, 0.2) is 30.3 Å². The van der Waals surface area contributed by atoms with Crippen LogP contribution in [0.4, 0.5) is 0 Å². The molecule has 1 aliphatic heterocycles. The van der Waals surface area contributed by atoms with Crippen LogP contribution in [0.25, 0.3) is 11.3 Å². The monoisotopic (exact) mass is 245 g/mol. The number of benzene rings is 1. The van der Waals surface area contributed by atoms with E-state index < -0.39 is 5.97 Å². The Kier molecular flexibility index (Phi) is 2.26. The number of ether oxygens (including phenoxy) is 2. The van der Waals surface area contributed by atoms with E-state index in [1.54, 1.807) is 23.7 Å². The minimum Gasteiger partial charge on any atom is -0.477 e. The number of hydrogen-bond acceptors (Lipinski definition) is 3. The van der Waals surface area contributed by atoms with E-state index in [0.717, 1.165) is 11.3 Å². The maximum absolute atomic E-state index is 11.0. The zero-order valence-corrected chi connectivity index (χ0v) is 9.71. The number of carboxylic acids is 1. The molecule has 5 heteroatoms. The average Bonchev–Trinajstić information content (AvgIpc) is 2.93. The predicted octanol–water partition coefficient (Wildman–Crippen LogP) is 2.12. The number of fused-ring (bicyclic) bond motifs is 1. The lowest BCUT2D eigenvalue weighted by Crippen LogP contribution is -2.04. The molecule has 0 radical (unpaired) electrons. The fourth-order valence-electron chi connectivity index (χ4n) is 2.07. The first-order valence-electron chi connectivity index (χ1n) is 5.46. The molecule has 0 bridgehead atoms. The number of carbonyl (C=O) groups is 1. The highest BCUT2D eigenvalue weighted by atomic mass is 16.7. The van der Waals surface area contributed by atoms with Crippen LogP contribution in [-0.2, 0) is 7.05 Å². The molecule has 1 N–H and O–H groups in total. The van der Waals surface area contributed by atoms with Gasteiger partial charge in [-0.2, -0.15) is 0 Å². The van der Waals surface area contributed by atoms with Gasteiger partial charge in [0, 0.05) is 18.3 Å². The van der Waals surface area contributed by atoms with Gasteiger partial charge >= 0.3 is 5.97 Å². The predicted molar refractivity (Wildman–Crippen MR) is 63.9 cm³/mol. The van der Waals surface area contributed by atoms with Crippen LogP contribution in [0.3, 0.4) is 0 Å². The fourth-order valence-corrected chi connectivity index (χ4v) is 2.07. The highest BCUT2D eigenvalue weighted by Gasteiger charge is 2.17. The molecule has 0 saturated carbocycles. The van der Waals surface area contributed by atoms with Crippen LogP contribution in [0.5, 0.6) is 11.5 Å². The Morgan fingerprint density at radius 3 is 2.72 bits per heavy atom. The minimum absolute atomic E-state index is 0.228. The topological polar surface area (TPSA) is 60.7 Å². The van der Waals surface area contributed by atoms with Crippen molar-refractivity contribution < 1.29 is 19.4 Å². The molecule has 18 heavy (non-hydrogen) atoms. The summed E-state index contributed by atoms with van der Waals surface area (Å²) in [5.41, 5.74) is 1.97. The Morgan fingerprint density at radius 1 is 1.22 bits per heavy atom. The molecule has 0 unspecified atom stereocenters. The molecule has 1 aromatic carbocycles. The Labute approximate surface area is 103 Å². The fraction of sp³-hybridized carbons (Fsp3) is 0.154. The summed E-state index contributed by atoms with van der Waals surface area (Å²) in [5.74, 6) is 0.460. The first kappa shape index (κ1) is 10.7. The van der Waals surface area contributed by atoms with Gasteiger partial charge in [0.2, 0.25) is 6.79 Å². The Balaban J connectivity index is 2.07. The summed E-state index contributed by atoms with van der Waals surface area (Å²) >= 11 is 0. The van der Waals surface area contributed by atoms with Crippen LogP contribution < -0.4 is 9.47 Å². The first-order chi connectivity index (χ1) is 8.66. The van der Waals surface area contributed by atoms with Crippen molar-refractivity contribution in [2.45, 2.75) is 0 Å². The van der Waals surface area contributed by atoms with Gasteiger partial charge in [-0.25, -0.2) is 4.79 Å². The van der Waals surface area contributed by atoms with Crippen molar-refractivity contribution in [3.8, 4) is 22.8 Å². The van der Waals surface area contributed by atoms with Gasteiger partial charge in [-0.1, -0.05) is 0 Å². The van der Waals surface area contributed by atoms with Crippen LogP contribution in [-0.4, -0.2) is 22.4 Å². The summed E-state index contributed by atoms with van der Waals surface area (Å²) in [6.07, 6.45) is 0. The standard InChI is InChI=1S/C13H11NO4/c1-14-9(3-4-10(14)13(15)16)8-2-5-11-12(6-8)18-7-17-11/h2-6H,7H2,1H3,(H,15,16). The van der Waals surface area contributed by atoms with Crippen LogP contribution in [0.1, 0.15) is 10.5 Å². The Bertz CT molecular complexity index is 630. The van der Waals surface area contributed by atoms with E-state index in [1.165, 1.54) is 0 Å². The van der Waals surface area contributed by atoms with E-state index in [2.05, 4.69) is 0 Å². The summed E-state index contributed by atoms with van der Waals surface area (Å²) in [5, 5.41) is 9.02. The van der Waals surface area contributed by atoms with E-state index in [1.807, 2.05) is 18.2 Å². The number of rotatable bonds is 2. The lowest BCUT2D eigenvalue weighted by molar-refractivity contribution is 0.0686. The summed E-state index contributed by atoms with van der Waals surface area (Å²) in [6, 6.07) is 8.92. The van der Waals surface area contributed by atoms with Crippen molar-refractivity contribution in [3.63, 3.8) is 0 Å². The van der Waals surface area contributed by atoms with Crippen molar-refractivity contribution in [2.24, 2.45) is 7.05 Å². The second kappa shape index (κ2) is 3.80. The van der Waals surface area contributed by atoms with Crippen LogP contribution in [0.2, 0.25) is 0 Å². The molecule has 1 aliphatic rings. The molecule has 0 saturated heterocycles. The summed E-state index contributed by atoms with van der Waals surface area (Å²) in [7, 11) is 1.73. The van der Waals surface area contributed by atoms with Gasteiger partial charge in [0.15, 0.2) is 11.5 Å². The average molecular weight is 245 g/mol. The molecule has 2 heterocycles. The van der Waals surface area contributed by atoms with Crippen molar-refractivity contribution >= 4 is 5.97 Å². The number of hydrogen-bond donors (Lipinski definition) is 1. The molecule has 1 aromatic heterocycles. The molecule has 0 atom stereocenters.